The van der Waals surface area contributed by atoms with Gasteiger partial charge in [-0.1, -0.05) is 47.2 Å². The largest absolute Gasteiger partial charge is 0.418 e. The SMILES string of the molecule is O=C(Nc1nc(=O)n(S(O)(O)c2ccccc2)cc1F)Oc1ccccc1.[HH]. The molecule has 3 N–H and O–H groups in total. The Morgan fingerprint density at radius 1 is 1.11 bits per heavy atom. The van der Waals surface area contributed by atoms with Gasteiger partial charge in [-0.05, 0) is 24.3 Å². The summed E-state index contributed by atoms with van der Waals surface area (Å²) in [5, 5.41) is 2.00. The molecule has 8 nitrogen and oxygen atoms in total. The summed E-state index contributed by atoms with van der Waals surface area (Å²) < 4.78 is 40.2. The van der Waals surface area contributed by atoms with Crippen LogP contribution in [0.1, 0.15) is 1.43 Å². The van der Waals surface area contributed by atoms with Gasteiger partial charge >= 0.3 is 11.8 Å². The molecular formula is C17H16FN3O5S. The first kappa shape index (κ1) is 18.6. The number of nitrogens with zero attached hydrogens (tertiary/aromatic N) is 2. The van der Waals surface area contributed by atoms with E-state index in [1.165, 1.54) is 36.4 Å². The fourth-order valence-corrected chi connectivity index (χ4v) is 3.37. The highest BCUT2D eigenvalue weighted by Gasteiger charge is 2.23. The molecule has 0 aliphatic carbocycles. The van der Waals surface area contributed by atoms with Crippen molar-refractivity contribution in [2.24, 2.45) is 0 Å². The van der Waals surface area contributed by atoms with E-state index in [0.29, 0.717) is 10.2 Å². The normalized spacial score (nSPS) is 11.7. The molecule has 3 rings (SSSR count). The number of aromatic nitrogens is 2. The van der Waals surface area contributed by atoms with Gasteiger partial charge in [0.25, 0.3) is 0 Å². The molecule has 0 spiro atoms. The number of benzene rings is 2. The molecule has 0 saturated carbocycles. The molecule has 10 heteroatoms. The molecule has 0 saturated heterocycles. The van der Waals surface area contributed by atoms with E-state index in [0.717, 1.165) is 0 Å². The van der Waals surface area contributed by atoms with Crippen molar-refractivity contribution in [1.82, 2.24) is 8.96 Å². The van der Waals surface area contributed by atoms with E-state index < -0.39 is 34.2 Å². The van der Waals surface area contributed by atoms with Crippen molar-refractivity contribution in [2.75, 3.05) is 5.32 Å². The van der Waals surface area contributed by atoms with Gasteiger partial charge in [-0.25, -0.2) is 14.0 Å². The molecule has 0 unspecified atom stereocenters. The Morgan fingerprint density at radius 2 is 1.70 bits per heavy atom. The monoisotopic (exact) mass is 393 g/mol. The molecule has 3 aromatic rings. The Kier molecular flexibility index (Phi) is 5.21. The molecule has 0 fully saturated rings. The summed E-state index contributed by atoms with van der Waals surface area (Å²) >= 11 is 0. The van der Waals surface area contributed by atoms with Crippen molar-refractivity contribution < 1.29 is 24.5 Å². The Hall–Kier alpha value is -3.21. The van der Waals surface area contributed by atoms with Gasteiger partial charge in [0.05, 0.1) is 11.1 Å². The fraction of sp³-hybridized carbons (Fsp3) is 0. The average Bonchev–Trinajstić information content (AvgIpc) is 2.65. The number of rotatable bonds is 4. The molecule has 1 amide bonds. The zero-order valence-corrected chi connectivity index (χ0v) is 14.5. The zero-order valence-electron chi connectivity index (χ0n) is 13.7. The second-order valence-corrected chi connectivity index (χ2v) is 7.11. The molecule has 0 aliphatic rings. The highest BCUT2D eigenvalue weighted by Crippen LogP contribution is 2.47. The van der Waals surface area contributed by atoms with Gasteiger partial charge in [-0.15, -0.1) is 0 Å². The molecule has 27 heavy (non-hydrogen) atoms. The van der Waals surface area contributed by atoms with E-state index in [9.17, 15) is 23.1 Å². The van der Waals surface area contributed by atoms with Gasteiger partial charge in [0.15, 0.2) is 11.6 Å². The van der Waals surface area contributed by atoms with Crippen molar-refractivity contribution in [3.05, 3.63) is 83.2 Å². The van der Waals surface area contributed by atoms with Crippen LogP contribution in [0.3, 0.4) is 0 Å². The summed E-state index contributed by atoms with van der Waals surface area (Å²) in [6.45, 7) is 0. The minimum absolute atomic E-state index is 0. The third kappa shape index (κ3) is 4.14. The summed E-state index contributed by atoms with van der Waals surface area (Å²) in [4.78, 5) is 27.3. The lowest BCUT2D eigenvalue weighted by molar-refractivity contribution is 0.215. The lowest BCUT2D eigenvalue weighted by Gasteiger charge is -2.33. The van der Waals surface area contributed by atoms with Gasteiger partial charge in [0, 0.05) is 1.43 Å². The van der Waals surface area contributed by atoms with Crippen LogP contribution in [0.25, 0.3) is 0 Å². The Labute approximate surface area is 155 Å². The maximum atomic E-state index is 14.3. The standard InChI is InChI=1S/C17H14FN3O5S.H2/c18-14-11-21(27(24,25)13-9-5-2-6-10-13)16(22)19-15(14)20-17(23)26-12-7-3-1-4-8-12;/h1-11,24-25H,(H,19,20,22,23);1H. The maximum absolute atomic E-state index is 14.3. The topological polar surface area (TPSA) is 114 Å². The summed E-state index contributed by atoms with van der Waals surface area (Å²) in [6.07, 6.45) is -0.491. The molecule has 1 heterocycles. The highest BCUT2D eigenvalue weighted by molar-refractivity contribution is 8.23. The Morgan fingerprint density at radius 3 is 2.33 bits per heavy atom. The van der Waals surface area contributed by atoms with Crippen LogP contribution in [0.2, 0.25) is 0 Å². The van der Waals surface area contributed by atoms with Crippen LogP contribution >= 0.6 is 10.8 Å². The fourth-order valence-electron chi connectivity index (χ4n) is 2.12. The number of carbonyl (C=O) groups excluding carboxylic acids is 1. The minimum Gasteiger partial charge on any atom is -0.410 e. The lowest BCUT2D eigenvalue weighted by atomic mass is 10.3. The van der Waals surface area contributed by atoms with Crippen LogP contribution in [-0.2, 0) is 0 Å². The molecule has 0 aliphatic heterocycles. The number of ether oxygens (including phenoxy) is 1. The van der Waals surface area contributed by atoms with E-state index in [2.05, 4.69) is 4.98 Å². The van der Waals surface area contributed by atoms with Crippen LogP contribution in [0.15, 0.2) is 76.6 Å². The third-order valence-electron chi connectivity index (χ3n) is 3.36. The Bertz CT molecular complexity index is 1020. The van der Waals surface area contributed by atoms with Gasteiger partial charge in [0.2, 0.25) is 0 Å². The van der Waals surface area contributed by atoms with Gasteiger partial charge in [-0.2, -0.15) is 8.96 Å². The first-order chi connectivity index (χ1) is 12.9. The van der Waals surface area contributed by atoms with Crippen LogP contribution in [-0.4, -0.2) is 24.2 Å². The van der Waals surface area contributed by atoms with E-state index in [1.807, 2.05) is 5.32 Å². The molecule has 0 atom stereocenters. The smallest absolute Gasteiger partial charge is 0.410 e. The van der Waals surface area contributed by atoms with Crippen LogP contribution in [0.4, 0.5) is 15.0 Å². The molecule has 0 bridgehead atoms. The average molecular weight is 393 g/mol. The number of anilines is 1. The zero-order chi connectivity index (χ0) is 19.4. The van der Waals surface area contributed by atoms with E-state index in [4.69, 9.17) is 4.74 Å². The second kappa shape index (κ2) is 7.58. The lowest BCUT2D eigenvalue weighted by Crippen LogP contribution is -2.29. The maximum Gasteiger partial charge on any atom is 0.418 e. The van der Waals surface area contributed by atoms with Crippen LogP contribution < -0.4 is 15.7 Å². The van der Waals surface area contributed by atoms with Crippen molar-refractivity contribution >= 4 is 22.7 Å². The molecule has 1 aromatic heterocycles. The van der Waals surface area contributed by atoms with Crippen molar-refractivity contribution in [3.8, 4) is 5.75 Å². The van der Waals surface area contributed by atoms with E-state index in [1.54, 1.807) is 24.3 Å². The van der Waals surface area contributed by atoms with Gasteiger partial charge < -0.3 is 4.74 Å². The van der Waals surface area contributed by atoms with E-state index in [-0.39, 0.29) is 12.1 Å². The van der Waals surface area contributed by atoms with Crippen molar-refractivity contribution in [1.29, 1.82) is 0 Å². The van der Waals surface area contributed by atoms with Crippen molar-refractivity contribution in [2.45, 2.75) is 4.90 Å². The molecule has 2 aromatic carbocycles. The number of nitrogens with one attached hydrogen (secondary N) is 1. The van der Waals surface area contributed by atoms with Crippen molar-refractivity contribution in [3.63, 3.8) is 0 Å². The highest BCUT2D eigenvalue weighted by atomic mass is 32.3. The Balaban J connectivity index is 0.00000280. The van der Waals surface area contributed by atoms with Gasteiger partial charge in [-0.3, -0.25) is 14.4 Å². The van der Waals surface area contributed by atoms with Gasteiger partial charge in [0.1, 0.15) is 5.75 Å². The van der Waals surface area contributed by atoms with Crippen LogP contribution in [0.5, 0.6) is 5.75 Å². The summed E-state index contributed by atoms with van der Waals surface area (Å²) in [5.74, 6) is -1.63. The number of carbonyl (C=O) groups is 1. The number of amides is 1. The predicted molar refractivity (Wildman–Crippen MR) is 99.6 cm³/mol. The summed E-state index contributed by atoms with van der Waals surface area (Å²) in [5.41, 5.74) is -1.16. The number of hydrogen-bond acceptors (Lipinski definition) is 6. The van der Waals surface area contributed by atoms with E-state index >= 15 is 0 Å². The predicted octanol–water partition coefficient (Wildman–Crippen LogP) is 3.81. The quantitative estimate of drug-likeness (QED) is 0.621. The van der Waals surface area contributed by atoms with Crippen LogP contribution in [0, 0.1) is 5.82 Å². The molecule has 0 radical (unpaired) electrons. The first-order valence-electron chi connectivity index (χ1n) is 7.55. The minimum atomic E-state index is -3.83. The number of para-hydroxylation sites is 1. The first-order valence-corrected chi connectivity index (χ1v) is 9.05. The molecule has 142 valence electrons. The second-order valence-electron chi connectivity index (χ2n) is 5.21. The third-order valence-corrected chi connectivity index (χ3v) is 5.08. The number of hydrogen-bond donors (Lipinski definition) is 3. The number of halogens is 1. The summed E-state index contributed by atoms with van der Waals surface area (Å²) in [6, 6.07) is 15.5. The summed E-state index contributed by atoms with van der Waals surface area (Å²) in [7, 11) is -3.83. The molecular weight excluding hydrogens is 377 g/mol.